The van der Waals surface area contributed by atoms with E-state index in [1.807, 2.05) is 52.0 Å². The monoisotopic (exact) mass is 578 g/mol. The number of hydrogen-bond donors (Lipinski definition) is 0. The minimum absolute atomic E-state index is 0.196. The van der Waals surface area contributed by atoms with Gasteiger partial charge < -0.3 is 14.2 Å². The number of hydrogen-bond acceptors (Lipinski definition) is 7. The zero-order valence-corrected chi connectivity index (χ0v) is 25.9. The van der Waals surface area contributed by atoms with Crippen molar-refractivity contribution >= 4 is 34.7 Å². The largest absolute Gasteiger partial charge is 0.496 e. The Morgan fingerprint density at radius 2 is 1.78 bits per heavy atom. The minimum atomic E-state index is -0.588. The number of aromatic nitrogens is 1. The Morgan fingerprint density at radius 3 is 2.41 bits per heavy atom. The lowest BCUT2D eigenvalue weighted by atomic mass is 9.93. The van der Waals surface area contributed by atoms with Gasteiger partial charge >= 0.3 is 12.1 Å². The molecule has 3 aromatic rings. The fourth-order valence-corrected chi connectivity index (χ4v) is 7.23. The molecule has 1 aliphatic carbocycles. The number of methoxy groups -OCH3 is 2. The van der Waals surface area contributed by atoms with Crippen LogP contribution in [0.4, 0.5) is 4.79 Å². The average Bonchev–Trinajstić information content (AvgIpc) is 3.67. The van der Waals surface area contributed by atoms with E-state index in [1.54, 1.807) is 17.9 Å². The summed E-state index contributed by atoms with van der Waals surface area (Å²) >= 11 is 2.13. The molecule has 0 radical (unpaired) electrons. The zero-order chi connectivity index (χ0) is 29.3. The van der Waals surface area contributed by atoms with Gasteiger partial charge in [0, 0.05) is 41.5 Å². The molecule has 0 amide bonds. The molecule has 220 valence electrons. The highest BCUT2D eigenvalue weighted by Gasteiger charge is 2.33. The number of ether oxygens (including phenoxy) is 3. The molecule has 2 aliphatic rings. The SMILES string of the molecule is COC(=O)c1ccc([C@@H]2C[C@@H](SCC3CC3)CCN2Cc2c(OC)cc(C)c3c2ccn3C(=O)OC(C)(C)C)cc1. The second kappa shape index (κ2) is 12.1. The van der Waals surface area contributed by atoms with Crippen molar-refractivity contribution in [1.82, 2.24) is 9.47 Å². The molecule has 0 N–H and O–H groups in total. The standard InChI is InChI=1S/C33H42N2O5S/c1-21-17-29(38-5)27(26-14-16-35(30(21)26)32(37)40-33(2,3)4)19-34-15-13-25(41-20-22-7-8-22)18-28(34)23-9-11-24(12-10-23)31(36)39-6/h9-12,14,16-17,22,25,28H,7-8,13,15,18-20H2,1-6H3/t25-,28-/m0/s1. The third-order valence-electron chi connectivity index (χ3n) is 8.05. The molecule has 2 aromatic carbocycles. The van der Waals surface area contributed by atoms with Gasteiger partial charge in [-0.05, 0) is 100 Å². The molecule has 2 heterocycles. The lowest BCUT2D eigenvalue weighted by Crippen LogP contribution is -2.37. The molecule has 1 saturated heterocycles. The van der Waals surface area contributed by atoms with Gasteiger partial charge in [-0.3, -0.25) is 9.47 Å². The summed E-state index contributed by atoms with van der Waals surface area (Å²) in [6, 6.07) is 12.1. The van der Waals surface area contributed by atoms with Crippen molar-refractivity contribution in [2.75, 3.05) is 26.5 Å². The summed E-state index contributed by atoms with van der Waals surface area (Å²) in [6.07, 6.45) is 6.34. The van der Waals surface area contributed by atoms with Crippen LogP contribution in [-0.2, 0) is 16.0 Å². The Bertz CT molecular complexity index is 1400. The normalized spacial score (nSPS) is 19.8. The highest BCUT2D eigenvalue weighted by molar-refractivity contribution is 7.99. The van der Waals surface area contributed by atoms with Gasteiger partial charge in [0.2, 0.25) is 0 Å². The predicted octanol–water partition coefficient (Wildman–Crippen LogP) is 7.38. The number of esters is 1. The molecule has 5 rings (SSSR count). The van der Waals surface area contributed by atoms with Gasteiger partial charge in [0.25, 0.3) is 0 Å². The molecule has 41 heavy (non-hydrogen) atoms. The number of rotatable bonds is 8. The summed E-state index contributed by atoms with van der Waals surface area (Å²) in [4.78, 5) is 27.7. The Morgan fingerprint density at radius 1 is 1.05 bits per heavy atom. The smallest absolute Gasteiger partial charge is 0.419 e. The number of benzene rings is 2. The first-order valence-electron chi connectivity index (χ1n) is 14.5. The van der Waals surface area contributed by atoms with E-state index in [9.17, 15) is 9.59 Å². The van der Waals surface area contributed by atoms with Crippen LogP contribution in [0, 0.1) is 12.8 Å². The summed E-state index contributed by atoms with van der Waals surface area (Å²) in [5.74, 6) is 2.65. The first-order chi connectivity index (χ1) is 19.6. The van der Waals surface area contributed by atoms with Gasteiger partial charge in [0.1, 0.15) is 11.4 Å². The van der Waals surface area contributed by atoms with Crippen LogP contribution in [0.5, 0.6) is 5.75 Å². The molecule has 0 spiro atoms. The molecule has 1 aliphatic heterocycles. The maximum Gasteiger partial charge on any atom is 0.419 e. The van der Waals surface area contributed by atoms with Crippen molar-refractivity contribution in [2.24, 2.45) is 5.92 Å². The van der Waals surface area contributed by atoms with Gasteiger partial charge in [0.15, 0.2) is 0 Å². The molecular weight excluding hydrogens is 536 g/mol. The van der Waals surface area contributed by atoms with Crippen molar-refractivity contribution in [3.8, 4) is 5.75 Å². The molecular formula is C33H42N2O5S. The van der Waals surface area contributed by atoms with E-state index in [1.165, 1.54) is 31.3 Å². The summed E-state index contributed by atoms with van der Waals surface area (Å²) in [7, 11) is 3.12. The number of piperidine rings is 1. The highest BCUT2D eigenvalue weighted by atomic mass is 32.2. The third-order valence-corrected chi connectivity index (χ3v) is 9.61. The summed E-state index contributed by atoms with van der Waals surface area (Å²) < 4.78 is 18.1. The first-order valence-corrected chi connectivity index (χ1v) is 15.6. The maximum absolute atomic E-state index is 13.1. The van der Waals surface area contributed by atoms with Crippen LogP contribution in [0.1, 0.15) is 79.5 Å². The molecule has 1 aromatic heterocycles. The Hall–Kier alpha value is -2.97. The van der Waals surface area contributed by atoms with Crippen LogP contribution < -0.4 is 4.74 Å². The van der Waals surface area contributed by atoms with Crippen molar-refractivity contribution < 1.29 is 23.8 Å². The van der Waals surface area contributed by atoms with E-state index in [-0.39, 0.29) is 18.1 Å². The fraction of sp³-hybridized carbons (Fsp3) is 0.515. The van der Waals surface area contributed by atoms with Crippen LogP contribution in [0.25, 0.3) is 10.9 Å². The van der Waals surface area contributed by atoms with Gasteiger partial charge in [-0.25, -0.2) is 9.59 Å². The van der Waals surface area contributed by atoms with Crippen molar-refractivity contribution in [3.05, 3.63) is 64.8 Å². The lowest BCUT2D eigenvalue weighted by molar-refractivity contribution is 0.0542. The molecule has 1 saturated carbocycles. The minimum Gasteiger partial charge on any atom is -0.496 e. The van der Waals surface area contributed by atoms with E-state index in [0.29, 0.717) is 17.4 Å². The first kappa shape index (κ1) is 29.5. The predicted molar refractivity (Wildman–Crippen MR) is 164 cm³/mol. The number of carbonyl (C=O) groups excluding carboxylic acids is 2. The number of aryl methyl sites for hydroxylation is 1. The van der Waals surface area contributed by atoms with E-state index in [4.69, 9.17) is 14.2 Å². The Labute approximate surface area is 247 Å². The molecule has 7 nitrogen and oxygen atoms in total. The summed E-state index contributed by atoms with van der Waals surface area (Å²) in [6.45, 7) is 9.27. The number of carbonyl (C=O) groups is 2. The van der Waals surface area contributed by atoms with Crippen molar-refractivity contribution in [2.45, 2.75) is 76.8 Å². The maximum atomic E-state index is 13.1. The Kier molecular flexibility index (Phi) is 8.71. The number of likely N-dealkylation sites (tertiary alicyclic amines) is 1. The van der Waals surface area contributed by atoms with E-state index >= 15 is 0 Å². The molecule has 0 unspecified atom stereocenters. The van der Waals surface area contributed by atoms with E-state index < -0.39 is 5.60 Å². The van der Waals surface area contributed by atoms with Gasteiger partial charge in [-0.1, -0.05) is 12.1 Å². The molecule has 8 heteroatoms. The van der Waals surface area contributed by atoms with Gasteiger partial charge in [0.05, 0.1) is 25.3 Å². The van der Waals surface area contributed by atoms with Crippen LogP contribution in [0.2, 0.25) is 0 Å². The van der Waals surface area contributed by atoms with Crippen LogP contribution >= 0.6 is 11.8 Å². The lowest BCUT2D eigenvalue weighted by Gasteiger charge is -2.40. The fourth-order valence-electron chi connectivity index (χ4n) is 5.76. The van der Waals surface area contributed by atoms with Crippen molar-refractivity contribution in [3.63, 3.8) is 0 Å². The number of nitrogens with zero attached hydrogens (tertiary/aromatic N) is 2. The topological polar surface area (TPSA) is 70.0 Å². The second-order valence-corrected chi connectivity index (χ2v) is 13.7. The highest BCUT2D eigenvalue weighted by Crippen LogP contribution is 2.42. The van der Waals surface area contributed by atoms with Crippen LogP contribution in [0.3, 0.4) is 0 Å². The number of fused-ring (bicyclic) bond motifs is 1. The summed E-state index contributed by atoms with van der Waals surface area (Å²) in [5, 5.41) is 1.60. The Balaban J connectivity index is 1.48. The zero-order valence-electron chi connectivity index (χ0n) is 25.1. The van der Waals surface area contributed by atoms with Gasteiger partial charge in [-0.15, -0.1) is 0 Å². The summed E-state index contributed by atoms with van der Waals surface area (Å²) in [5.41, 5.74) is 4.04. The average molecular weight is 579 g/mol. The van der Waals surface area contributed by atoms with Crippen molar-refractivity contribution in [1.29, 1.82) is 0 Å². The molecule has 2 atom stereocenters. The van der Waals surface area contributed by atoms with E-state index in [2.05, 4.69) is 28.8 Å². The second-order valence-electron chi connectivity index (χ2n) is 12.3. The third kappa shape index (κ3) is 6.75. The van der Waals surface area contributed by atoms with E-state index in [0.717, 1.165) is 53.1 Å². The van der Waals surface area contributed by atoms with Crippen LogP contribution in [0.15, 0.2) is 42.6 Å². The quantitative estimate of drug-likeness (QED) is 0.258. The van der Waals surface area contributed by atoms with Gasteiger partial charge in [-0.2, -0.15) is 11.8 Å². The molecule has 0 bridgehead atoms. The number of thioether (sulfide) groups is 1. The molecule has 2 fully saturated rings. The van der Waals surface area contributed by atoms with Crippen LogP contribution in [-0.4, -0.2) is 58.9 Å².